The third-order valence-electron chi connectivity index (χ3n) is 2.29. The predicted octanol–water partition coefficient (Wildman–Crippen LogP) is 2.24. The van der Waals surface area contributed by atoms with E-state index in [0.717, 1.165) is 5.56 Å². The third-order valence-corrected chi connectivity index (χ3v) is 3.21. The maximum Gasteiger partial charge on any atom is 0.238 e. The lowest BCUT2D eigenvalue weighted by atomic mass is 10.0. The van der Waals surface area contributed by atoms with E-state index in [9.17, 15) is 8.42 Å². The highest BCUT2D eigenvalue weighted by Crippen LogP contribution is 2.29. The van der Waals surface area contributed by atoms with Crippen LogP contribution in [0, 0.1) is 0 Å². The standard InChI is InChI=1S/C12H19NO3S/c1-8(2)11-7-10(17(13,14)15)5-6-12(11)16-9(3)4/h5-9H,1-4H3,(H2,13,14,15). The Bertz CT molecular complexity index is 492. The Labute approximate surface area is 103 Å². The fourth-order valence-electron chi connectivity index (χ4n) is 1.52. The van der Waals surface area contributed by atoms with Gasteiger partial charge in [-0.25, -0.2) is 13.6 Å². The van der Waals surface area contributed by atoms with Crippen molar-refractivity contribution in [2.75, 3.05) is 0 Å². The molecule has 0 amide bonds. The highest BCUT2D eigenvalue weighted by molar-refractivity contribution is 7.89. The van der Waals surface area contributed by atoms with Crippen LogP contribution in [0.4, 0.5) is 0 Å². The molecule has 2 N–H and O–H groups in total. The lowest BCUT2D eigenvalue weighted by molar-refractivity contribution is 0.239. The van der Waals surface area contributed by atoms with Gasteiger partial charge in [0, 0.05) is 0 Å². The van der Waals surface area contributed by atoms with Crippen molar-refractivity contribution in [3.8, 4) is 5.75 Å². The fraction of sp³-hybridized carbons (Fsp3) is 0.500. The third kappa shape index (κ3) is 3.71. The van der Waals surface area contributed by atoms with Gasteiger partial charge < -0.3 is 4.74 Å². The Kier molecular flexibility index (Phi) is 4.16. The largest absolute Gasteiger partial charge is 0.491 e. The molecule has 0 heterocycles. The van der Waals surface area contributed by atoms with Gasteiger partial charge in [-0.2, -0.15) is 0 Å². The monoisotopic (exact) mass is 257 g/mol. The van der Waals surface area contributed by atoms with Gasteiger partial charge in [0.2, 0.25) is 10.0 Å². The number of ether oxygens (including phenoxy) is 1. The lowest BCUT2D eigenvalue weighted by Gasteiger charge is -2.17. The summed E-state index contributed by atoms with van der Waals surface area (Å²) in [7, 11) is -3.66. The molecule has 1 rings (SSSR count). The maximum absolute atomic E-state index is 11.3. The van der Waals surface area contributed by atoms with Crippen LogP contribution in [0.15, 0.2) is 23.1 Å². The van der Waals surface area contributed by atoms with E-state index in [1.54, 1.807) is 12.1 Å². The number of primary sulfonamides is 1. The summed E-state index contributed by atoms with van der Waals surface area (Å²) in [5.74, 6) is 0.882. The fourth-order valence-corrected chi connectivity index (χ4v) is 2.06. The van der Waals surface area contributed by atoms with Crippen molar-refractivity contribution in [2.45, 2.75) is 44.6 Å². The van der Waals surface area contributed by atoms with Crippen molar-refractivity contribution < 1.29 is 13.2 Å². The van der Waals surface area contributed by atoms with E-state index in [1.165, 1.54) is 6.07 Å². The molecule has 0 unspecified atom stereocenters. The van der Waals surface area contributed by atoms with Gasteiger partial charge in [0.25, 0.3) is 0 Å². The Hall–Kier alpha value is -1.07. The van der Waals surface area contributed by atoms with Gasteiger partial charge >= 0.3 is 0 Å². The van der Waals surface area contributed by atoms with Crippen molar-refractivity contribution in [1.29, 1.82) is 0 Å². The highest BCUT2D eigenvalue weighted by Gasteiger charge is 2.15. The van der Waals surface area contributed by atoms with E-state index in [2.05, 4.69) is 0 Å². The zero-order chi connectivity index (χ0) is 13.2. The number of hydrogen-bond donors (Lipinski definition) is 1. The summed E-state index contributed by atoms with van der Waals surface area (Å²) in [5, 5.41) is 5.11. The van der Waals surface area contributed by atoms with Crippen molar-refractivity contribution in [3.05, 3.63) is 23.8 Å². The first-order valence-electron chi connectivity index (χ1n) is 5.55. The maximum atomic E-state index is 11.3. The molecule has 4 nitrogen and oxygen atoms in total. The Morgan fingerprint density at radius 1 is 1.18 bits per heavy atom. The van der Waals surface area contributed by atoms with Gasteiger partial charge in [0.05, 0.1) is 11.0 Å². The zero-order valence-corrected chi connectivity index (χ0v) is 11.4. The van der Waals surface area contributed by atoms with Crippen LogP contribution in [0.5, 0.6) is 5.75 Å². The minimum Gasteiger partial charge on any atom is -0.491 e. The first-order valence-corrected chi connectivity index (χ1v) is 7.10. The van der Waals surface area contributed by atoms with Gasteiger partial charge in [-0.05, 0) is 43.5 Å². The second-order valence-electron chi connectivity index (χ2n) is 4.57. The van der Waals surface area contributed by atoms with Gasteiger partial charge in [0.1, 0.15) is 5.75 Å². The number of hydrogen-bond acceptors (Lipinski definition) is 3. The summed E-state index contributed by atoms with van der Waals surface area (Å²) in [6.45, 7) is 7.82. The van der Waals surface area contributed by atoms with Gasteiger partial charge in [0.15, 0.2) is 0 Å². The molecule has 0 aliphatic rings. The molecule has 0 radical (unpaired) electrons. The second-order valence-corrected chi connectivity index (χ2v) is 6.13. The van der Waals surface area contributed by atoms with E-state index in [4.69, 9.17) is 9.88 Å². The second kappa shape index (κ2) is 5.06. The summed E-state index contributed by atoms with van der Waals surface area (Å²) in [5.41, 5.74) is 0.852. The first kappa shape index (κ1) is 14.0. The normalized spacial score (nSPS) is 12.2. The molecule has 1 aromatic rings. The molecule has 0 saturated carbocycles. The van der Waals surface area contributed by atoms with Crippen LogP contribution in [-0.4, -0.2) is 14.5 Å². The lowest BCUT2D eigenvalue weighted by Crippen LogP contribution is -2.14. The molecule has 0 bridgehead atoms. The Morgan fingerprint density at radius 3 is 2.18 bits per heavy atom. The van der Waals surface area contributed by atoms with E-state index < -0.39 is 10.0 Å². The van der Waals surface area contributed by atoms with Crippen LogP contribution in [0.25, 0.3) is 0 Å². The number of benzene rings is 1. The average molecular weight is 257 g/mol. The molecule has 0 atom stereocenters. The van der Waals surface area contributed by atoms with Crippen molar-refractivity contribution in [1.82, 2.24) is 0 Å². The SMILES string of the molecule is CC(C)Oc1ccc(S(N)(=O)=O)cc1C(C)C. The topological polar surface area (TPSA) is 69.4 Å². The molecule has 17 heavy (non-hydrogen) atoms. The van der Waals surface area contributed by atoms with Gasteiger partial charge in [-0.3, -0.25) is 0 Å². The van der Waals surface area contributed by atoms with E-state index >= 15 is 0 Å². The number of rotatable bonds is 4. The molecule has 0 aromatic heterocycles. The summed E-state index contributed by atoms with van der Waals surface area (Å²) in [6, 6.07) is 4.71. The average Bonchev–Trinajstić information content (AvgIpc) is 2.15. The molecular weight excluding hydrogens is 238 g/mol. The van der Waals surface area contributed by atoms with Crippen molar-refractivity contribution in [3.63, 3.8) is 0 Å². The Morgan fingerprint density at radius 2 is 1.76 bits per heavy atom. The molecule has 0 aliphatic heterocycles. The quantitative estimate of drug-likeness (QED) is 0.899. The van der Waals surface area contributed by atoms with E-state index in [1.807, 2.05) is 27.7 Å². The summed E-state index contributed by atoms with van der Waals surface area (Å²) >= 11 is 0. The van der Waals surface area contributed by atoms with Gasteiger partial charge in [-0.15, -0.1) is 0 Å². The summed E-state index contributed by atoms with van der Waals surface area (Å²) in [4.78, 5) is 0.123. The molecule has 0 fully saturated rings. The number of sulfonamides is 1. The van der Waals surface area contributed by atoms with Gasteiger partial charge in [-0.1, -0.05) is 13.8 Å². The molecule has 96 valence electrons. The molecule has 0 spiro atoms. The smallest absolute Gasteiger partial charge is 0.238 e. The molecule has 0 aliphatic carbocycles. The van der Waals surface area contributed by atoms with E-state index in [0.29, 0.717) is 5.75 Å². The van der Waals surface area contributed by atoms with Crippen LogP contribution < -0.4 is 9.88 Å². The molecule has 1 aromatic carbocycles. The highest BCUT2D eigenvalue weighted by atomic mass is 32.2. The Balaban J connectivity index is 3.27. The zero-order valence-electron chi connectivity index (χ0n) is 10.6. The summed E-state index contributed by atoms with van der Waals surface area (Å²) < 4.78 is 28.2. The van der Waals surface area contributed by atoms with Crippen molar-refractivity contribution >= 4 is 10.0 Å². The molecule has 0 saturated heterocycles. The molecule has 5 heteroatoms. The van der Waals surface area contributed by atoms with Crippen LogP contribution in [0.3, 0.4) is 0 Å². The van der Waals surface area contributed by atoms with Crippen molar-refractivity contribution in [2.24, 2.45) is 5.14 Å². The van der Waals surface area contributed by atoms with Crippen LogP contribution in [0.2, 0.25) is 0 Å². The van der Waals surface area contributed by atoms with Crippen LogP contribution in [0.1, 0.15) is 39.2 Å². The van der Waals surface area contributed by atoms with Crippen LogP contribution >= 0.6 is 0 Å². The predicted molar refractivity (Wildman–Crippen MR) is 67.7 cm³/mol. The minimum atomic E-state index is -3.66. The first-order chi connectivity index (χ1) is 7.71. The summed E-state index contributed by atoms with van der Waals surface area (Å²) in [6.07, 6.45) is 0.0489. The molecular formula is C12H19NO3S. The minimum absolute atomic E-state index is 0.0489. The number of nitrogens with two attached hydrogens (primary N) is 1. The van der Waals surface area contributed by atoms with Crippen LogP contribution in [-0.2, 0) is 10.0 Å². The van der Waals surface area contributed by atoms with E-state index in [-0.39, 0.29) is 16.9 Å².